The summed E-state index contributed by atoms with van der Waals surface area (Å²) in [6.07, 6.45) is 1.33. The molecule has 34 heavy (non-hydrogen) atoms. The highest BCUT2D eigenvalue weighted by Crippen LogP contribution is 2.32. The number of carbonyl (C=O) groups is 3. The van der Waals surface area contributed by atoms with Gasteiger partial charge in [0.15, 0.2) is 5.75 Å². The van der Waals surface area contributed by atoms with Crippen LogP contribution in [0.5, 0.6) is 5.75 Å². The smallest absolute Gasteiger partial charge is 0.343 e. The zero-order valence-electron chi connectivity index (χ0n) is 17.2. The van der Waals surface area contributed by atoms with Crippen LogP contribution in [0.2, 0.25) is 5.02 Å². The minimum atomic E-state index is -0.562. The number of benzene rings is 3. The van der Waals surface area contributed by atoms with Crippen molar-refractivity contribution in [2.24, 2.45) is 5.10 Å². The van der Waals surface area contributed by atoms with Crippen LogP contribution in [0, 0.1) is 0 Å². The molecule has 0 radical (unpaired) electrons. The van der Waals surface area contributed by atoms with E-state index in [0.29, 0.717) is 30.7 Å². The zero-order chi connectivity index (χ0) is 24.7. The zero-order valence-corrected chi connectivity index (χ0v) is 22.7. The molecule has 2 N–H and O–H groups in total. The van der Waals surface area contributed by atoms with Crippen LogP contribution >= 0.6 is 59.4 Å². The first-order valence-electron chi connectivity index (χ1n) is 9.55. The lowest BCUT2D eigenvalue weighted by Gasteiger charge is -2.11. The second-order valence-electron chi connectivity index (χ2n) is 6.69. The minimum Gasteiger partial charge on any atom is -0.421 e. The molecule has 0 bridgehead atoms. The van der Waals surface area contributed by atoms with E-state index in [4.69, 9.17) is 16.3 Å². The number of amides is 2. The quantitative estimate of drug-likeness (QED) is 0.145. The van der Waals surface area contributed by atoms with Crippen molar-refractivity contribution in [1.82, 2.24) is 10.7 Å². The number of carbonyl (C=O) groups excluding carboxylic acids is 3. The third-order valence-corrected chi connectivity index (χ3v) is 5.99. The van der Waals surface area contributed by atoms with Gasteiger partial charge in [0.2, 0.25) is 0 Å². The predicted octanol–water partition coefficient (Wildman–Crippen LogP) is 5.73. The first-order valence-corrected chi connectivity index (χ1v) is 12.3. The molecular formula is C23H15Br3ClN3O4. The molecule has 0 aromatic heterocycles. The molecule has 0 atom stereocenters. The van der Waals surface area contributed by atoms with Gasteiger partial charge in [0.1, 0.15) is 0 Å². The van der Waals surface area contributed by atoms with Gasteiger partial charge >= 0.3 is 5.97 Å². The number of nitrogens with zero attached hydrogens (tertiary/aromatic N) is 1. The van der Waals surface area contributed by atoms with Crippen molar-refractivity contribution in [3.63, 3.8) is 0 Å². The van der Waals surface area contributed by atoms with Crippen LogP contribution in [0.4, 0.5) is 0 Å². The number of nitrogens with one attached hydrogen (secondary N) is 2. The lowest BCUT2D eigenvalue weighted by atomic mass is 10.2. The van der Waals surface area contributed by atoms with Gasteiger partial charge in [0.25, 0.3) is 11.8 Å². The molecule has 0 fully saturated rings. The van der Waals surface area contributed by atoms with E-state index in [1.807, 2.05) is 0 Å². The SMILES string of the molecule is O=C(CNC(=O)c1ccc(Cl)cc1)N/N=C\c1cc(Br)cc(Br)c1OC(=O)c1cccc(Br)c1. The summed E-state index contributed by atoms with van der Waals surface area (Å²) in [4.78, 5) is 36.7. The van der Waals surface area contributed by atoms with Crippen LogP contribution in [-0.2, 0) is 4.79 Å². The second kappa shape index (κ2) is 12.3. The summed E-state index contributed by atoms with van der Waals surface area (Å²) >= 11 is 15.9. The molecule has 3 rings (SSSR count). The average molecular weight is 673 g/mol. The van der Waals surface area contributed by atoms with Gasteiger partial charge in [0.05, 0.1) is 22.8 Å². The summed E-state index contributed by atoms with van der Waals surface area (Å²) in [5, 5.41) is 6.90. The van der Waals surface area contributed by atoms with E-state index in [9.17, 15) is 14.4 Å². The first kappa shape index (κ1) is 26.1. The Morgan fingerprint density at radius 2 is 1.68 bits per heavy atom. The maximum Gasteiger partial charge on any atom is 0.343 e. The van der Waals surface area contributed by atoms with Gasteiger partial charge in [-0.1, -0.05) is 49.5 Å². The number of esters is 1. The van der Waals surface area contributed by atoms with Crippen LogP contribution in [0.25, 0.3) is 0 Å². The van der Waals surface area contributed by atoms with Crippen LogP contribution < -0.4 is 15.5 Å². The molecule has 7 nitrogen and oxygen atoms in total. The van der Waals surface area contributed by atoms with Crippen molar-refractivity contribution in [2.75, 3.05) is 6.54 Å². The van der Waals surface area contributed by atoms with E-state index >= 15 is 0 Å². The Morgan fingerprint density at radius 3 is 2.38 bits per heavy atom. The largest absolute Gasteiger partial charge is 0.421 e. The third kappa shape index (κ3) is 7.49. The summed E-state index contributed by atoms with van der Waals surface area (Å²) in [6.45, 7) is -0.286. The van der Waals surface area contributed by atoms with Gasteiger partial charge in [-0.05, 0) is 70.5 Å². The van der Waals surface area contributed by atoms with Gasteiger partial charge in [-0.3, -0.25) is 9.59 Å². The van der Waals surface area contributed by atoms with E-state index in [-0.39, 0.29) is 12.3 Å². The van der Waals surface area contributed by atoms with E-state index in [1.54, 1.807) is 60.7 Å². The van der Waals surface area contributed by atoms with Crippen molar-refractivity contribution in [1.29, 1.82) is 0 Å². The molecule has 0 unspecified atom stereocenters. The molecule has 0 saturated carbocycles. The molecular weight excluding hydrogens is 657 g/mol. The van der Waals surface area contributed by atoms with Crippen LogP contribution in [0.15, 0.2) is 79.2 Å². The van der Waals surface area contributed by atoms with Crippen LogP contribution in [-0.4, -0.2) is 30.5 Å². The summed E-state index contributed by atoms with van der Waals surface area (Å²) in [5.74, 6) is -1.30. The van der Waals surface area contributed by atoms with Gasteiger partial charge in [0, 0.05) is 25.1 Å². The fourth-order valence-electron chi connectivity index (χ4n) is 2.63. The Bertz CT molecular complexity index is 1270. The molecule has 11 heteroatoms. The van der Waals surface area contributed by atoms with Crippen molar-refractivity contribution in [3.8, 4) is 5.75 Å². The second-order valence-corrected chi connectivity index (χ2v) is 9.81. The number of rotatable bonds is 7. The molecule has 3 aromatic carbocycles. The molecule has 0 spiro atoms. The number of hydrazone groups is 1. The van der Waals surface area contributed by atoms with Gasteiger partial charge < -0.3 is 10.1 Å². The number of ether oxygens (including phenoxy) is 1. The number of halogens is 4. The lowest BCUT2D eigenvalue weighted by Crippen LogP contribution is -2.34. The van der Waals surface area contributed by atoms with E-state index in [2.05, 4.69) is 63.6 Å². The van der Waals surface area contributed by atoms with Gasteiger partial charge in [-0.25, -0.2) is 10.2 Å². The Labute approximate surface area is 225 Å². The van der Waals surface area contributed by atoms with Crippen molar-refractivity contribution >= 4 is 83.4 Å². The summed E-state index contributed by atoms with van der Waals surface area (Å²) in [7, 11) is 0. The van der Waals surface area contributed by atoms with Gasteiger partial charge in [-0.15, -0.1) is 0 Å². The summed E-state index contributed by atoms with van der Waals surface area (Å²) in [6, 6.07) is 16.4. The summed E-state index contributed by atoms with van der Waals surface area (Å²) < 4.78 is 7.52. The normalized spacial score (nSPS) is 10.7. The fraction of sp³-hybridized carbons (Fsp3) is 0.0435. The third-order valence-electron chi connectivity index (χ3n) is 4.20. The molecule has 2 amide bonds. The Balaban J connectivity index is 1.64. The van der Waals surface area contributed by atoms with Crippen LogP contribution in [0.3, 0.4) is 0 Å². The lowest BCUT2D eigenvalue weighted by molar-refractivity contribution is -0.120. The van der Waals surface area contributed by atoms with E-state index < -0.39 is 17.8 Å². The van der Waals surface area contributed by atoms with Crippen LogP contribution in [0.1, 0.15) is 26.3 Å². The Kier molecular flexibility index (Phi) is 9.40. The Hall–Kier alpha value is -2.53. The molecule has 0 aliphatic carbocycles. The average Bonchev–Trinajstić information content (AvgIpc) is 2.80. The fourth-order valence-corrected chi connectivity index (χ4v) is 4.49. The minimum absolute atomic E-state index is 0.224. The highest BCUT2D eigenvalue weighted by molar-refractivity contribution is 9.11. The monoisotopic (exact) mass is 669 g/mol. The molecule has 174 valence electrons. The molecule has 3 aromatic rings. The number of hydrogen-bond acceptors (Lipinski definition) is 5. The van der Waals surface area contributed by atoms with E-state index in [0.717, 1.165) is 4.47 Å². The standard InChI is InChI=1S/C23H15Br3ClN3O4/c24-16-3-1-2-14(8-16)23(33)34-21-15(9-17(25)10-19(21)26)11-29-30-20(31)12-28-22(32)13-4-6-18(27)7-5-13/h1-11H,12H2,(H,28,32)(H,30,31)/b29-11-. The van der Waals surface area contributed by atoms with Crippen molar-refractivity contribution in [2.45, 2.75) is 0 Å². The highest BCUT2D eigenvalue weighted by atomic mass is 79.9. The number of hydrogen-bond donors (Lipinski definition) is 2. The van der Waals surface area contributed by atoms with Gasteiger partial charge in [-0.2, -0.15) is 5.10 Å². The molecule has 0 aliphatic rings. The predicted molar refractivity (Wildman–Crippen MR) is 140 cm³/mol. The molecule has 0 aliphatic heterocycles. The van der Waals surface area contributed by atoms with Crippen molar-refractivity contribution in [3.05, 3.63) is 95.8 Å². The highest BCUT2D eigenvalue weighted by Gasteiger charge is 2.16. The van der Waals surface area contributed by atoms with Crippen molar-refractivity contribution < 1.29 is 19.1 Å². The molecule has 0 saturated heterocycles. The summed E-state index contributed by atoms with van der Waals surface area (Å²) in [5.41, 5.74) is 3.48. The maximum absolute atomic E-state index is 12.6. The Morgan fingerprint density at radius 1 is 0.941 bits per heavy atom. The topological polar surface area (TPSA) is 96.9 Å². The molecule has 0 heterocycles. The first-order chi connectivity index (χ1) is 16.2. The maximum atomic E-state index is 12.6. The van der Waals surface area contributed by atoms with E-state index in [1.165, 1.54) is 6.21 Å².